The third-order valence-corrected chi connectivity index (χ3v) is 2.86. The van der Waals surface area contributed by atoms with Crippen molar-refractivity contribution in [2.75, 3.05) is 20.2 Å². The quantitative estimate of drug-likeness (QED) is 0.620. The molecule has 86 valence electrons. The number of hydrogen-bond donors (Lipinski definition) is 1. The molecule has 0 aromatic carbocycles. The molecule has 2 heteroatoms. The molecule has 0 rings (SSSR count). The van der Waals surface area contributed by atoms with E-state index >= 15 is 0 Å². The molecule has 0 aliphatic heterocycles. The van der Waals surface area contributed by atoms with Gasteiger partial charge in [-0.3, -0.25) is 0 Å². The predicted molar refractivity (Wildman–Crippen MR) is 62.6 cm³/mol. The van der Waals surface area contributed by atoms with Gasteiger partial charge < -0.3 is 10.0 Å². The lowest BCUT2D eigenvalue weighted by molar-refractivity contribution is 0.164. The number of unbranched alkanes of at least 4 members (excludes halogenated alkanes) is 2. The first-order chi connectivity index (χ1) is 6.76. The fourth-order valence-corrected chi connectivity index (χ4v) is 1.80. The van der Waals surface area contributed by atoms with Gasteiger partial charge in [0.15, 0.2) is 0 Å². The molecule has 0 amide bonds. The topological polar surface area (TPSA) is 23.5 Å². The van der Waals surface area contributed by atoms with Crippen molar-refractivity contribution in [3.05, 3.63) is 0 Å². The Bertz CT molecular complexity index is 109. The van der Waals surface area contributed by atoms with Gasteiger partial charge in [0, 0.05) is 12.6 Å². The second-order valence-electron chi connectivity index (χ2n) is 4.14. The van der Waals surface area contributed by atoms with Crippen LogP contribution in [0.25, 0.3) is 0 Å². The molecule has 0 aromatic heterocycles. The smallest absolute Gasteiger partial charge is 0.0558 e. The fourth-order valence-electron chi connectivity index (χ4n) is 1.80. The van der Waals surface area contributed by atoms with E-state index in [1.54, 1.807) is 0 Å². The Labute approximate surface area is 89.3 Å². The van der Waals surface area contributed by atoms with Gasteiger partial charge >= 0.3 is 0 Å². The molecular weight excluding hydrogens is 174 g/mol. The molecule has 0 spiro atoms. The van der Waals surface area contributed by atoms with Gasteiger partial charge in [0.2, 0.25) is 0 Å². The van der Waals surface area contributed by atoms with Gasteiger partial charge in [-0.05, 0) is 19.9 Å². The Morgan fingerprint density at radius 2 is 1.57 bits per heavy atom. The normalized spacial score (nSPS) is 11.6. The predicted octanol–water partition coefficient (Wildman–Crippen LogP) is 2.66. The van der Waals surface area contributed by atoms with Crippen LogP contribution < -0.4 is 0 Å². The molecule has 0 aliphatic carbocycles. The van der Waals surface area contributed by atoms with Crippen LogP contribution in [-0.4, -0.2) is 36.2 Å². The number of nitrogens with zero attached hydrogens (tertiary/aromatic N) is 1. The first kappa shape index (κ1) is 13.9. The zero-order valence-corrected chi connectivity index (χ0v) is 10.1. The summed E-state index contributed by atoms with van der Waals surface area (Å²) in [5.74, 6) is 0. The average Bonchev–Trinajstić information content (AvgIpc) is 2.18. The molecule has 2 nitrogen and oxygen atoms in total. The van der Waals surface area contributed by atoms with Crippen molar-refractivity contribution in [3.8, 4) is 0 Å². The van der Waals surface area contributed by atoms with Crippen LogP contribution in [-0.2, 0) is 0 Å². The summed E-state index contributed by atoms with van der Waals surface area (Å²) in [6, 6.07) is 0.682. The number of aliphatic hydroxyl groups excluding tert-OH is 1. The summed E-state index contributed by atoms with van der Waals surface area (Å²) in [6.45, 7) is 5.58. The number of aliphatic hydroxyl groups is 1. The maximum Gasteiger partial charge on any atom is 0.0558 e. The van der Waals surface area contributed by atoms with Crippen molar-refractivity contribution in [1.29, 1.82) is 0 Å². The minimum absolute atomic E-state index is 0.283. The third-order valence-electron chi connectivity index (χ3n) is 2.86. The van der Waals surface area contributed by atoms with Gasteiger partial charge in [0.05, 0.1) is 6.61 Å². The summed E-state index contributed by atoms with van der Waals surface area (Å²) in [6.07, 6.45) is 7.74. The number of likely N-dealkylation sites (N-methyl/N-ethyl adjacent to an activating group) is 1. The van der Waals surface area contributed by atoms with Crippen LogP contribution in [0.2, 0.25) is 0 Å². The van der Waals surface area contributed by atoms with Crippen LogP contribution in [0.5, 0.6) is 0 Å². The Morgan fingerprint density at radius 3 is 1.93 bits per heavy atom. The van der Waals surface area contributed by atoms with Crippen LogP contribution in [0.4, 0.5) is 0 Å². The molecular formula is C12H27NO. The van der Waals surface area contributed by atoms with Gasteiger partial charge in [-0.25, -0.2) is 0 Å². The third kappa shape index (κ3) is 6.39. The van der Waals surface area contributed by atoms with Crippen molar-refractivity contribution in [1.82, 2.24) is 4.90 Å². The highest BCUT2D eigenvalue weighted by Crippen LogP contribution is 2.13. The van der Waals surface area contributed by atoms with Crippen molar-refractivity contribution >= 4 is 0 Å². The summed E-state index contributed by atoms with van der Waals surface area (Å²) in [4.78, 5) is 2.31. The van der Waals surface area contributed by atoms with E-state index in [4.69, 9.17) is 5.11 Å². The standard InChI is InChI=1S/C12H27NO/c1-4-6-8-12(9-7-5-2)13(3)10-11-14/h12,14H,4-11H2,1-3H3. The zero-order chi connectivity index (χ0) is 10.8. The van der Waals surface area contributed by atoms with Gasteiger partial charge in [-0.2, -0.15) is 0 Å². The number of hydrogen-bond acceptors (Lipinski definition) is 2. The first-order valence-electron chi connectivity index (χ1n) is 6.07. The van der Waals surface area contributed by atoms with Crippen LogP contribution in [0, 0.1) is 0 Å². The lowest BCUT2D eigenvalue weighted by Crippen LogP contribution is -2.33. The highest BCUT2D eigenvalue weighted by molar-refractivity contribution is 4.68. The van der Waals surface area contributed by atoms with E-state index in [0.29, 0.717) is 6.04 Å². The largest absolute Gasteiger partial charge is 0.395 e. The van der Waals surface area contributed by atoms with Gasteiger partial charge in [0.1, 0.15) is 0 Å². The van der Waals surface area contributed by atoms with E-state index in [1.165, 1.54) is 38.5 Å². The van der Waals surface area contributed by atoms with Crippen LogP contribution in [0.15, 0.2) is 0 Å². The fraction of sp³-hybridized carbons (Fsp3) is 1.00. The minimum Gasteiger partial charge on any atom is -0.395 e. The van der Waals surface area contributed by atoms with Crippen LogP contribution >= 0.6 is 0 Å². The molecule has 1 N–H and O–H groups in total. The maximum atomic E-state index is 8.89. The van der Waals surface area contributed by atoms with E-state index in [0.717, 1.165) is 6.54 Å². The molecule has 0 atom stereocenters. The van der Waals surface area contributed by atoms with E-state index in [-0.39, 0.29) is 6.61 Å². The summed E-state index contributed by atoms with van der Waals surface area (Å²) in [5.41, 5.74) is 0. The molecule has 0 unspecified atom stereocenters. The van der Waals surface area contributed by atoms with E-state index in [1.807, 2.05) is 0 Å². The average molecular weight is 201 g/mol. The molecule has 0 aromatic rings. The van der Waals surface area contributed by atoms with Crippen molar-refractivity contribution in [3.63, 3.8) is 0 Å². The van der Waals surface area contributed by atoms with Crippen LogP contribution in [0.1, 0.15) is 52.4 Å². The maximum absolute atomic E-state index is 8.89. The Morgan fingerprint density at radius 1 is 1.07 bits per heavy atom. The van der Waals surface area contributed by atoms with E-state index < -0.39 is 0 Å². The molecule has 0 saturated heterocycles. The first-order valence-corrected chi connectivity index (χ1v) is 6.07. The SMILES string of the molecule is CCCCC(CCCC)N(C)CCO. The summed E-state index contributed by atoms with van der Waals surface area (Å²) < 4.78 is 0. The van der Waals surface area contributed by atoms with Gasteiger partial charge in [-0.1, -0.05) is 39.5 Å². The monoisotopic (exact) mass is 201 g/mol. The van der Waals surface area contributed by atoms with E-state index in [9.17, 15) is 0 Å². The molecule has 0 heterocycles. The Balaban J connectivity index is 3.81. The summed E-state index contributed by atoms with van der Waals surface area (Å²) in [7, 11) is 2.13. The van der Waals surface area contributed by atoms with Crippen LogP contribution in [0.3, 0.4) is 0 Å². The Kier molecular flexibility index (Phi) is 9.42. The molecule has 0 saturated carbocycles. The highest BCUT2D eigenvalue weighted by atomic mass is 16.3. The second kappa shape index (κ2) is 9.47. The van der Waals surface area contributed by atoms with E-state index in [2.05, 4.69) is 25.8 Å². The minimum atomic E-state index is 0.283. The van der Waals surface area contributed by atoms with Crippen molar-refractivity contribution < 1.29 is 5.11 Å². The Hall–Kier alpha value is -0.0800. The molecule has 0 fully saturated rings. The molecule has 0 radical (unpaired) electrons. The molecule has 0 bridgehead atoms. The summed E-state index contributed by atoms with van der Waals surface area (Å²) in [5, 5.41) is 8.89. The lowest BCUT2D eigenvalue weighted by Gasteiger charge is -2.27. The molecule has 14 heavy (non-hydrogen) atoms. The second-order valence-corrected chi connectivity index (χ2v) is 4.14. The van der Waals surface area contributed by atoms with Crippen molar-refractivity contribution in [2.24, 2.45) is 0 Å². The van der Waals surface area contributed by atoms with Gasteiger partial charge in [-0.15, -0.1) is 0 Å². The molecule has 0 aliphatic rings. The van der Waals surface area contributed by atoms with Gasteiger partial charge in [0.25, 0.3) is 0 Å². The van der Waals surface area contributed by atoms with Crippen molar-refractivity contribution in [2.45, 2.75) is 58.4 Å². The highest BCUT2D eigenvalue weighted by Gasteiger charge is 2.12. The zero-order valence-electron chi connectivity index (χ0n) is 10.1. The summed E-state index contributed by atoms with van der Waals surface area (Å²) >= 11 is 0. The number of rotatable bonds is 9. The lowest BCUT2D eigenvalue weighted by atomic mass is 10.0.